The first kappa shape index (κ1) is 18.7. The number of sulfonamides is 1. The number of nitrogens with two attached hydrogens (primary N) is 1. The lowest BCUT2D eigenvalue weighted by molar-refractivity contribution is 0.242. The van der Waals surface area contributed by atoms with Crippen LogP contribution in [0.5, 0.6) is 5.75 Å². The van der Waals surface area contributed by atoms with Crippen molar-refractivity contribution in [1.29, 1.82) is 0 Å². The molecule has 0 aromatic heterocycles. The summed E-state index contributed by atoms with van der Waals surface area (Å²) in [6, 6.07) is 14.6. The smallest absolute Gasteiger partial charge is 0.243 e. The second kappa shape index (κ2) is 7.68. The highest BCUT2D eigenvalue weighted by Crippen LogP contribution is 2.31. The summed E-state index contributed by atoms with van der Waals surface area (Å²) in [6.07, 6.45) is 1.69. The predicted molar refractivity (Wildman–Crippen MR) is 104 cm³/mol. The van der Waals surface area contributed by atoms with Gasteiger partial charge in [-0.25, -0.2) is 8.42 Å². The fourth-order valence-electron chi connectivity index (χ4n) is 3.31. The first-order valence-corrected chi connectivity index (χ1v) is 10.4. The molecule has 26 heavy (non-hydrogen) atoms. The molecule has 1 saturated heterocycles. The van der Waals surface area contributed by atoms with Gasteiger partial charge in [0, 0.05) is 18.8 Å². The van der Waals surface area contributed by atoms with Gasteiger partial charge in [-0.1, -0.05) is 12.1 Å². The molecule has 0 atom stereocenters. The molecule has 0 amide bonds. The van der Waals surface area contributed by atoms with Crippen LogP contribution in [0.3, 0.4) is 0 Å². The van der Waals surface area contributed by atoms with E-state index in [9.17, 15) is 8.42 Å². The lowest BCUT2D eigenvalue weighted by Gasteiger charge is -2.31. The first-order valence-electron chi connectivity index (χ1n) is 8.98. The second-order valence-electron chi connectivity index (χ2n) is 6.98. The van der Waals surface area contributed by atoms with Crippen LogP contribution in [0.4, 0.5) is 5.69 Å². The molecule has 0 unspecified atom stereocenters. The van der Waals surface area contributed by atoms with Crippen molar-refractivity contribution in [1.82, 2.24) is 4.31 Å². The number of nitrogens with zero attached hydrogens (tertiary/aromatic N) is 1. The first-order chi connectivity index (χ1) is 12.4. The third-order valence-electron chi connectivity index (χ3n) is 4.70. The van der Waals surface area contributed by atoms with Crippen LogP contribution in [0.2, 0.25) is 0 Å². The van der Waals surface area contributed by atoms with E-state index in [1.165, 1.54) is 5.56 Å². The molecule has 5 nitrogen and oxygen atoms in total. The van der Waals surface area contributed by atoms with Crippen LogP contribution in [-0.2, 0) is 10.0 Å². The Kier molecular flexibility index (Phi) is 5.53. The van der Waals surface area contributed by atoms with E-state index in [0.717, 1.165) is 18.5 Å². The van der Waals surface area contributed by atoms with E-state index in [4.69, 9.17) is 10.5 Å². The van der Waals surface area contributed by atoms with E-state index >= 15 is 0 Å². The van der Waals surface area contributed by atoms with Gasteiger partial charge in [0.05, 0.1) is 11.0 Å². The van der Waals surface area contributed by atoms with Crippen molar-refractivity contribution in [3.63, 3.8) is 0 Å². The van der Waals surface area contributed by atoms with Crippen molar-refractivity contribution in [2.45, 2.75) is 43.6 Å². The highest BCUT2D eigenvalue weighted by Gasteiger charge is 2.29. The van der Waals surface area contributed by atoms with Gasteiger partial charge >= 0.3 is 0 Å². The Bertz CT molecular complexity index is 822. The number of hydrogen-bond acceptors (Lipinski definition) is 4. The molecule has 2 aromatic carbocycles. The zero-order valence-electron chi connectivity index (χ0n) is 15.3. The number of hydrogen-bond donors (Lipinski definition) is 1. The fourth-order valence-corrected chi connectivity index (χ4v) is 4.78. The molecule has 0 saturated carbocycles. The third kappa shape index (κ3) is 4.19. The van der Waals surface area contributed by atoms with E-state index in [2.05, 4.69) is 0 Å². The van der Waals surface area contributed by atoms with Crippen LogP contribution in [0.15, 0.2) is 53.4 Å². The van der Waals surface area contributed by atoms with Gasteiger partial charge in [-0.3, -0.25) is 0 Å². The summed E-state index contributed by atoms with van der Waals surface area (Å²) >= 11 is 0. The lowest BCUT2D eigenvalue weighted by atomic mass is 9.90. The Hall–Kier alpha value is -2.05. The third-order valence-corrected chi connectivity index (χ3v) is 6.61. The molecule has 3 rings (SSSR count). The van der Waals surface area contributed by atoms with Crippen LogP contribution < -0.4 is 10.5 Å². The number of anilines is 1. The highest BCUT2D eigenvalue weighted by molar-refractivity contribution is 7.89. The van der Waals surface area contributed by atoms with E-state index in [-0.39, 0.29) is 6.10 Å². The topological polar surface area (TPSA) is 72.6 Å². The maximum Gasteiger partial charge on any atom is 0.243 e. The summed E-state index contributed by atoms with van der Waals surface area (Å²) in [4.78, 5) is 0.319. The maximum atomic E-state index is 12.9. The minimum Gasteiger partial charge on any atom is -0.491 e. The van der Waals surface area contributed by atoms with E-state index in [1.807, 2.05) is 38.1 Å². The predicted octanol–water partition coefficient (Wildman–Crippen LogP) is 3.62. The number of ether oxygens (including phenoxy) is 1. The lowest BCUT2D eigenvalue weighted by Crippen LogP contribution is -2.37. The zero-order valence-corrected chi connectivity index (χ0v) is 16.1. The van der Waals surface area contributed by atoms with Crippen molar-refractivity contribution in [3.8, 4) is 5.75 Å². The quantitative estimate of drug-likeness (QED) is 0.811. The molecule has 1 aliphatic heterocycles. The molecule has 2 aromatic rings. The molecule has 1 aliphatic rings. The second-order valence-corrected chi connectivity index (χ2v) is 8.92. The monoisotopic (exact) mass is 374 g/mol. The molecule has 1 heterocycles. The summed E-state index contributed by atoms with van der Waals surface area (Å²) in [7, 11) is -3.46. The Labute approximate surface area is 155 Å². The van der Waals surface area contributed by atoms with Gasteiger partial charge in [0.1, 0.15) is 5.75 Å². The molecule has 6 heteroatoms. The number of piperidine rings is 1. The number of benzene rings is 2. The average molecular weight is 375 g/mol. The molecule has 0 bridgehead atoms. The fraction of sp³-hybridized carbons (Fsp3) is 0.400. The van der Waals surface area contributed by atoms with Crippen LogP contribution in [0.1, 0.15) is 38.2 Å². The van der Waals surface area contributed by atoms with Crippen molar-refractivity contribution >= 4 is 15.7 Å². The van der Waals surface area contributed by atoms with Gasteiger partial charge in [-0.05, 0) is 74.6 Å². The van der Waals surface area contributed by atoms with Crippen molar-refractivity contribution in [3.05, 3.63) is 54.1 Å². The van der Waals surface area contributed by atoms with Crippen molar-refractivity contribution in [2.75, 3.05) is 18.8 Å². The standard InChI is InChI=1S/C20H26N2O3S/c1-15(2)25-19-7-9-20(10-8-19)26(23,24)22-13-11-17(12-14-22)16-3-5-18(21)6-4-16/h3-10,15,17H,11-14,21H2,1-2H3. The average Bonchev–Trinajstić information content (AvgIpc) is 2.62. The van der Waals surface area contributed by atoms with Gasteiger partial charge in [0.25, 0.3) is 0 Å². The molecule has 2 N–H and O–H groups in total. The van der Waals surface area contributed by atoms with Gasteiger partial charge < -0.3 is 10.5 Å². The molecule has 0 radical (unpaired) electrons. The van der Waals surface area contributed by atoms with Gasteiger partial charge in [-0.15, -0.1) is 0 Å². The van der Waals surface area contributed by atoms with Crippen LogP contribution in [-0.4, -0.2) is 31.9 Å². The van der Waals surface area contributed by atoms with Crippen LogP contribution in [0.25, 0.3) is 0 Å². The largest absolute Gasteiger partial charge is 0.491 e. The molecule has 0 aliphatic carbocycles. The molecular formula is C20H26N2O3S. The minimum absolute atomic E-state index is 0.0600. The van der Waals surface area contributed by atoms with Gasteiger partial charge in [-0.2, -0.15) is 4.31 Å². The van der Waals surface area contributed by atoms with Crippen LogP contribution in [0, 0.1) is 0 Å². The number of rotatable bonds is 5. The highest BCUT2D eigenvalue weighted by atomic mass is 32.2. The zero-order chi connectivity index (χ0) is 18.7. The van der Waals surface area contributed by atoms with E-state index in [0.29, 0.717) is 29.7 Å². The Morgan fingerprint density at radius 1 is 1.00 bits per heavy atom. The Morgan fingerprint density at radius 3 is 2.12 bits per heavy atom. The number of nitrogen functional groups attached to an aromatic ring is 1. The summed E-state index contributed by atoms with van der Waals surface area (Å²) < 4.78 is 32.9. The molecular weight excluding hydrogens is 348 g/mol. The SMILES string of the molecule is CC(C)Oc1ccc(S(=O)(=O)N2CCC(c3ccc(N)cc3)CC2)cc1. The normalized spacial score (nSPS) is 16.7. The maximum absolute atomic E-state index is 12.9. The molecule has 1 fully saturated rings. The molecule has 140 valence electrons. The summed E-state index contributed by atoms with van der Waals surface area (Å²) in [5, 5.41) is 0. The Morgan fingerprint density at radius 2 is 1.58 bits per heavy atom. The van der Waals surface area contributed by atoms with Crippen LogP contribution >= 0.6 is 0 Å². The van der Waals surface area contributed by atoms with Crippen molar-refractivity contribution in [2.24, 2.45) is 0 Å². The van der Waals surface area contributed by atoms with Crippen molar-refractivity contribution < 1.29 is 13.2 Å². The van der Waals surface area contributed by atoms with E-state index in [1.54, 1.807) is 28.6 Å². The summed E-state index contributed by atoms with van der Waals surface area (Å²) in [5.74, 6) is 1.06. The summed E-state index contributed by atoms with van der Waals surface area (Å²) in [5.41, 5.74) is 7.72. The van der Waals surface area contributed by atoms with Gasteiger partial charge in [0.2, 0.25) is 10.0 Å². The Balaban J connectivity index is 1.66. The minimum atomic E-state index is -3.46. The van der Waals surface area contributed by atoms with Gasteiger partial charge in [0.15, 0.2) is 0 Å². The summed E-state index contributed by atoms with van der Waals surface area (Å²) in [6.45, 7) is 4.94. The molecule has 0 spiro atoms. The van der Waals surface area contributed by atoms with E-state index < -0.39 is 10.0 Å².